The van der Waals surface area contributed by atoms with E-state index in [2.05, 4.69) is 26.3 Å². The fourth-order valence-corrected chi connectivity index (χ4v) is 3.33. The summed E-state index contributed by atoms with van der Waals surface area (Å²) >= 11 is 0. The van der Waals surface area contributed by atoms with Gasteiger partial charge in [0.25, 0.3) is 0 Å². The van der Waals surface area contributed by atoms with Gasteiger partial charge in [-0.2, -0.15) is 0 Å². The van der Waals surface area contributed by atoms with Crippen molar-refractivity contribution in [2.75, 3.05) is 99.1 Å². The van der Waals surface area contributed by atoms with Crippen LogP contribution in [0.3, 0.4) is 0 Å². The van der Waals surface area contributed by atoms with Gasteiger partial charge in [-0.3, -0.25) is 0 Å². The second-order valence-electron chi connectivity index (χ2n) is 12.1. The molecule has 0 heterocycles. The molecule has 0 aromatic heterocycles. The summed E-state index contributed by atoms with van der Waals surface area (Å²) in [6.45, 7) is 31.3. The zero-order valence-corrected chi connectivity index (χ0v) is 34.0. The molecule has 0 aliphatic rings. The molecule has 0 N–H and O–H groups in total. The lowest BCUT2D eigenvalue weighted by Gasteiger charge is -2.21. The monoisotopic (exact) mass is 790 g/mol. The zero-order chi connectivity index (χ0) is 41.9. The highest BCUT2D eigenvalue weighted by Gasteiger charge is 2.14. The van der Waals surface area contributed by atoms with Gasteiger partial charge in [-0.05, 0) is 48.5 Å². The van der Waals surface area contributed by atoms with Crippen LogP contribution in [0.25, 0.3) is 0 Å². The van der Waals surface area contributed by atoms with Crippen LogP contribution in [0.5, 0.6) is 0 Å². The van der Waals surface area contributed by atoms with E-state index in [9.17, 15) is 19.2 Å². The summed E-state index contributed by atoms with van der Waals surface area (Å²) in [4.78, 5) is 44.3. The SMILES string of the molecule is C=C(C)C(=O)OCCOCCOCCOCCOCCOC(=O)C(=C)C.C=CC(=O)OCC(C)OCC(C)OCC(C)OCC(C)OCC(C)OC(=O)C=C. The van der Waals surface area contributed by atoms with Crippen LogP contribution in [0.1, 0.15) is 48.5 Å². The molecule has 0 aromatic rings. The summed E-state index contributed by atoms with van der Waals surface area (Å²) in [5.74, 6) is -1.78. The van der Waals surface area contributed by atoms with Crippen LogP contribution in [0.4, 0.5) is 0 Å². The van der Waals surface area contributed by atoms with Crippen molar-refractivity contribution in [1.29, 1.82) is 0 Å². The second kappa shape index (κ2) is 36.2. The van der Waals surface area contributed by atoms with E-state index in [1.165, 1.54) is 0 Å². The molecule has 0 fully saturated rings. The number of ether oxygens (including phenoxy) is 12. The van der Waals surface area contributed by atoms with Gasteiger partial charge in [0, 0.05) is 23.3 Å². The molecule has 5 unspecified atom stereocenters. The molecule has 0 radical (unpaired) electrons. The Hall–Kier alpha value is -3.48. The number of hydrogen-bond donors (Lipinski definition) is 0. The van der Waals surface area contributed by atoms with Gasteiger partial charge in [0.1, 0.15) is 25.9 Å². The number of carbonyl (C=O) groups is 4. The van der Waals surface area contributed by atoms with Gasteiger partial charge >= 0.3 is 23.9 Å². The minimum absolute atomic E-state index is 0.120. The fraction of sp³-hybridized carbons (Fsp3) is 0.692. The first-order valence-corrected chi connectivity index (χ1v) is 18.2. The van der Waals surface area contributed by atoms with Crippen LogP contribution >= 0.6 is 0 Å². The zero-order valence-electron chi connectivity index (χ0n) is 34.0. The van der Waals surface area contributed by atoms with Crippen molar-refractivity contribution >= 4 is 23.9 Å². The smallest absolute Gasteiger partial charge is 0.333 e. The average molecular weight is 791 g/mol. The standard InChI is InChI=1S/C21H36O8.C18H30O8/c1-8-20(22)28-13-18(6)26-11-16(4)24-10-15(3)25-12-17(5)27-14-19(7)29-21(23)9-2;1-15(2)17(19)25-13-11-23-9-7-21-5-6-22-8-10-24-12-14-26-18(20)16(3)4/h8-9,15-19H,1-2,10-14H2,3-7H3;1,3,5-14H2,2,4H3. The predicted octanol–water partition coefficient (Wildman–Crippen LogP) is 3.75. The molecule has 0 aromatic carbocycles. The highest BCUT2D eigenvalue weighted by molar-refractivity contribution is 5.87. The van der Waals surface area contributed by atoms with Gasteiger partial charge in [0.05, 0.1) is 104 Å². The van der Waals surface area contributed by atoms with Crippen molar-refractivity contribution in [2.45, 2.75) is 79.0 Å². The summed E-state index contributed by atoms with van der Waals surface area (Å²) in [5.41, 5.74) is 0.731. The number of esters is 4. The van der Waals surface area contributed by atoms with Crippen LogP contribution < -0.4 is 0 Å². The molecule has 55 heavy (non-hydrogen) atoms. The number of carbonyl (C=O) groups excluding carboxylic acids is 4. The third-order valence-corrected chi connectivity index (χ3v) is 6.31. The minimum Gasteiger partial charge on any atom is -0.460 e. The van der Waals surface area contributed by atoms with E-state index in [0.29, 0.717) is 83.8 Å². The van der Waals surface area contributed by atoms with E-state index in [4.69, 9.17) is 56.8 Å². The van der Waals surface area contributed by atoms with Gasteiger partial charge in [-0.15, -0.1) is 0 Å². The van der Waals surface area contributed by atoms with Gasteiger partial charge in [0.15, 0.2) is 0 Å². The Morgan fingerprint density at radius 3 is 1.04 bits per heavy atom. The maximum atomic E-state index is 11.1. The van der Waals surface area contributed by atoms with Crippen molar-refractivity contribution in [3.63, 3.8) is 0 Å². The molecule has 0 bridgehead atoms. The van der Waals surface area contributed by atoms with Crippen LogP contribution in [0.15, 0.2) is 49.6 Å². The molecule has 0 saturated heterocycles. The average Bonchev–Trinajstić information content (AvgIpc) is 3.16. The molecule has 5 atom stereocenters. The summed E-state index contributed by atoms with van der Waals surface area (Å²) in [6, 6.07) is 0. The Morgan fingerprint density at radius 2 is 0.727 bits per heavy atom. The summed E-state index contributed by atoms with van der Waals surface area (Å²) in [6.07, 6.45) is 1.25. The third kappa shape index (κ3) is 37.2. The molecule has 16 heteroatoms. The molecular weight excluding hydrogens is 724 g/mol. The highest BCUT2D eigenvalue weighted by atomic mass is 16.6. The first kappa shape index (κ1) is 53.6. The second-order valence-corrected chi connectivity index (χ2v) is 12.1. The maximum Gasteiger partial charge on any atom is 0.333 e. The minimum atomic E-state index is -0.471. The maximum absolute atomic E-state index is 11.1. The Bertz CT molecular complexity index is 1050. The van der Waals surface area contributed by atoms with Crippen molar-refractivity contribution in [3.8, 4) is 0 Å². The van der Waals surface area contributed by atoms with Crippen LogP contribution in [-0.4, -0.2) is 154 Å². The molecule has 16 nitrogen and oxygen atoms in total. The molecular formula is C39H66O16. The lowest BCUT2D eigenvalue weighted by Crippen LogP contribution is -2.29. The Balaban J connectivity index is 0. The van der Waals surface area contributed by atoms with Gasteiger partial charge in [-0.25, -0.2) is 19.2 Å². The highest BCUT2D eigenvalue weighted by Crippen LogP contribution is 2.04. The van der Waals surface area contributed by atoms with Crippen LogP contribution in [-0.2, 0) is 76.0 Å². The Labute approximate surface area is 327 Å². The first-order chi connectivity index (χ1) is 26.1. The molecule has 0 aliphatic heterocycles. The first-order valence-electron chi connectivity index (χ1n) is 18.2. The quantitative estimate of drug-likeness (QED) is 0.0398. The summed E-state index contributed by atoms with van der Waals surface area (Å²) in [5, 5.41) is 0. The number of hydrogen-bond acceptors (Lipinski definition) is 16. The van der Waals surface area contributed by atoms with Crippen molar-refractivity contribution in [2.24, 2.45) is 0 Å². The van der Waals surface area contributed by atoms with Crippen molar-refractivity contribution < 1.29 is 76.0 Å². The van der Waals surface area contributed by atoms with E-state index < -0.39 is 23.9 Å². The predicted molar refractivity (Wildman–Crippen MR) is 203 cm³/mol. The van der Waals surface area contributed by atoms with Crippen LogP contribution in [0.2, 0.25) is 0 Å². The third-order valence-electron chi connectivity index (χ3n) is 6.31. The molecule has 0 rings (SSSR count). The molecule has 0 saturated carbocycles. The van der Waals surface area contributed by atoms with Crippen molar-refractivity contribution in [3.05, 3.63) is 49.6 Å². The molecule has 0 amide bonds. The number of rotatable bonds is 34. The largest absolute Gasteiger partial charge is 0.460 e. The Morgan fingerprint density at radius 1 is 0.436 bits per heavy atom. The Kier molecular flexibility index (Phi) is 35.3. The van der Waals surface area contributed by atoms with Crippen LogP contribution in [0, 0.1) is 0 Å². The lowest BCUT2D eigenvalue weighted by atomic mass is 10.3. The van der Waals surface area contributed by atoms with Crippen molar-refractivity contribution in [1.82, 2.24) is 0 Å². The van der Waals surface area contributed by atoms with Gasteiger partial charge < -0.3 is 56.8 Å². The van der Waals surface area contributed by atoms with Gasteiger partial charge in [-0.1, -0.05) is 26.3 Å². The van der Waals surface area contributed by atoms with Gasteiger partial charge in [0.2, 0.25) is 0 Å². The van der Waals surface area contributed by atoms with E-state index in [1.54, 1.807) is 20.8 Å². The van der Waals surface area contributed by atoms with E-state index in [1.807, 2.05) is 27.7 Å². The van der Waals surface area contributed by atoms with E-state index >= 15 is 0 Å². The summed E-state index contributed by atoms with van der Waals surface area (Å²) < 4.78 is 63.4. The molecule has 0 aliphatic carbocycles. The summed E-state index contributed by atoms with van der Waals surface area (Å²) in [7, 11) is 0. The topological polar surface area (TPSA) is 179 Å². The molecule has 0 spiro atoms. The fourth-order valence-electron chi connectivity index (χ4n) is 3.33. The lowest BCUT2D eigenvalue weighted by molar-refractivity contribution is -0.147. The normalized spacial score (nSPS) is 13.4. The molecule has 318 valence electrons. The van der Waals surface area contributed by atoms with E-state index in [0.717, 1.165) is 12.2 Å². The van der Waals surface area contributed by atoms with E-state index in [-0.39, 0.29) is 56.9 Å².